The van der Waals surface area contributed by atoms with E-state index in [2.05, 4.69) is 25.6 Å². The molecule has 0 unspecified atom stereocenters. The maximum absolute atomic E-state index is 12.3. The van der Waals surface area contributed by atoms with E-state index in [1.165, 1.54) is 0 Å². The van der Waals surface area contributed by atoms with Crippen molar-refractivity contribution in [3.05, 3.63) is 77.7 Å². The van der Waals surface area contributed by atoms with Crippen molar-refractivity contribution in [1.29, 1.82) is 0 Å². The maximum Gasteiger partial charge on any atom is 0.256 e. The van der Waals surface area contributed by atoms with Crippen molar-refractivity contribution in [3.63, 3.8) is 0 Å². The van der Waals surface area contributed by atoms with Gasteiger partial charge in [0.2, 0.25) is 0 Å². The van der Waals surface area contributed by atoms with E-state index in [1.807, 2.05) is 30.5 Å². The average molecular weight is 369 g/mol. The largest absolute Gasteiger partial charge is 0.348 e. The first-order valence-corrected chi connectivity index (χ1v) is 8.80. The lowest BCUT2D eigenvalue weighted by atomic mass is 10.0. The highest BCUT2D eigenvalue weighted by Gasteiger charge is 2.19. The van der Waals surface area contributed by atoms with Crippen LogP contribution >= 0.6 is 0 Å². The number of carbonyl (C=O) groups is 2. The molecule has 7 nitrogen and oxygen atoms in total. The number of hydrogen-bond acceptors (Lipinski definition) is 4. The van der Waals surface area contributed by atoms with Crippen LogP contribution in [0.25, 0.3) is 22.2 Å². The first-order valence-electron chi connectivity index (χ1n) is 8.80. The standard InChI is InChI=1S/C21H15N5O2/c27-20(12-5-7-22-8-6-12)26-18-4-3-16-17(11-23-19(16)25-18)13-1-2-15-14(9-13)10-24-21(15)28/h1-9,11H,10H2,(H,24,28)(H2,23,25,26,27). The van der Waals surface area contributed by atoms with Gasteiger partial charge in [0.25, 0.3) is 11.8 Å². The van der Waals surface area contributed by atoms with Crippen LogP contribution in [0.4, 0.5) is 5.82 Å². The van der Waals surface area contributed by atoms with Crippen LogP contribution in [0.5, 0.6) is 0 Å². The highest BCUT2D eigenvalue weighted by molar-refractivity contribution is 6.04. The molecule has 0 atom stereocenters. The number of amides is 2. The van der Waals surface area contributed by atoms with Crippen LogP contribution in [-0.4, -0.2) is 26.8 Å². The second kappa shape index (κ2) is 6.31. The van der Waals surface area contributed by atoms with E-state index in [4.69, 9.17) is 0 Å². The van der Waals surface area contributed by atoms with Gasteiger partial charge in [0.1, 0.15) is 11.5 Å². The van der Waals surface area contributed by atoms with Gasteiger partial charge in [0, 0.05) is 47.2 Å². The fraction of sp³-hybridized carbons (Fsp3) is 0.0476. The number of carbonyl (C=O) groups excluding carboxylic acids is 2. The number of pyridine rings is 2. The van der Waals surface area contributed by atoms with Gasteiger partial charge >= 0.3 is 0 Å². The van der Waals surface area contributed by atoms with Crippen LogP contribution in [0.1, 0.15) is 26.3 Å². The Labute approximate surface area is 159 Å². The molecule has 0 aliphatic carbocycles. The number of nitrogens with one attached hydrogen (secondary N) is 3. The lowest BCUT2D eigenvalue weighted by molar-refractivity contribution is 0.0964. The summed E-state index contributed by atoms with van der Waals surface area (Å²) < 4.78 is 0. The molecule has 0 fully saturated rings. The van der Waals surface area contributed by atoms with Crippen LogP contribution in [0.2, 0.25) is 0 Å². The Morgan fingerprint density at radius 1 is 1.04 bits per heavy atom. The number of anilines is 1. The van der Waals surface area contributed by atoms with Crippen LogP contribution in [0.3, 0.4) is 0 Å². The van der Waals surface area contributed by atoms with Crippen LogP contribution < -0.4 is 10.6 Å². The molecule has 0 bridgehead atoms. The van der Waals surface area contributed by atoms with Gasteiger partial charge in [0.05, 0.1) is 0 Å². The van der Waals surface area contributed by atoms with Crippen molar-refractivity contribution >= 4 is 28.7 Å². The molecule has 1 aliphatic rings. The van der Waals surface area contributed by atoms with E-state index in [0.717, 1.165) is 27.6 Å². The number of H-pyrrole nitrogens is 1. The van der Waals surface area contributed by atoms with Gasteiger partial charge in [-0.05, 0) is 47.5 Å². The minimum Gasteiger partial charge on any atom is -0.348 e. The molecule has 28 heavy (non-hydrogen) atoms. The Balaban J connectivity index is 1.46. The Hall–Kier alpha value is -4.00. The highest BCUT2D eigenvalue weighted by Crippen LogP contribution is 2.31. The van der Waals surface area contributed by atoms with Crippen molar-refractivity contribution in [1.82, 2.24) is 20.3 Å². The summed E-state index contributed by atoms with van der Waals surface area (Å²) in [5, 5.41) is 6.57. The summed E-state index contributed by atoms with van der Waals surface area (Å²) in [5.41, 5.74) is 4.92. The fourth-order valence-corrected chi connectivity index (χ4v) is 3.40. The predicted molar refractivity (Wildman–Crippen MR) is 105 cm³/mol. The molecule has 3 aromatic heterocycles. The number of rotatable bonds is 3. The topological polar surface area (TPSA) is 99.8 Å². The lowest BCUT2D eigenvalue weighted by Crippen LogP contribution is -2.12. The SMILES string of the molecule is O=C(Nc1ccc2c(-c3ccc4c(c3)CNC4=O)c[nH]c2n1)c1ccncc1. The van der Waals surface area contributed by atoms with E-state index in [1.54, 1.807) is 30.6 Å². The molecular weight excluding hydrogens is 354 g/mol. The second-order valence-electron chi connectivity index (χ2n) is 6.54. The summed E-state index contributed by atoms with van der Waals surface area (Å²) in [4.78, 5) is 35.6. The van der Waals surface area contributed by atoms with Gasteiger partial charge in [-0.1, -0.05) is 6.07 Å². The smallest absolute Gasteiger partial charge is 0.256 e. The lowest BCUT2D eigenvalue weighted by Gasteiger charge is -2.05. The minimum absolute atomic E-state index is 0.0308. The van der Waals surface area contributed by atoms with Crippen LogP contribution in [0, 0.1) is 0 Å². The minimum atomic E-state index is -0.239. The predicted octanol–water partition coefficient (Wildman–Crippen LogP) is 3.12. The van der Waals surface area contributed by atoms with Crippen molar-refractivity contribution in [2.75, 3.05) is 5.32 Å². The maximum atomic E-state index is 12.3. The third-order valence-electron chi connectivity index (χ3n) is 4.82. The zero-order chi connectivity index (χ0) is 19.1. The Bertz CT molecular complexity index is 1230. The normalized spacial score (nSPS) is 12.6. The molecule has 0 radical (unpaired) electrons. The molecule has 0 saturated heterocycles. The van der Waals surface area contributed by atoms with E-state index in [-0.39, 0.29) is 11.8 Å². The van der Waals surface area contributed by atoms with Crippen molar-refractivity contribution in [2.24, 2.45) is 0 Å². The molecule has 4 aromatic rings. The monoisotopic (exact) mass is 369 g/mol. The van der Waals surface area contributed by atoms with Gasteiger partial charge in [-0.25, -0.2) is 4.98 Å². The number of hydrogen-bond donors (Lipinski definition) is 3. The number of aromatic amines is 1. The average Bonchev–Trinajstić information content (AvgIpc) is 3.31. The number of benzene rings is 1. The van der Waals surface area contributed by atoms with Crippen LogP contribution in [0.15, 0.2) is 61.1 Å². The van der Waals surface area contributed by atoms with Gasteiger partial charge in [-0.3, -0.25) is 14.6 Å². The quantitative estimate of drug-likeness (QED) is 0.517. The summed E-state index contributed by atoms with van der Waals surface area (Å²) in [6.07, 6.45) is 5.03. The molecule has 1 aromatic carbocycles. The number of fused-ring (bicyclic) bond motifs is 2. The summed E-state index contributed by atoms with van der Waals surface area (Å²) in [6, 6.07) is 12.8. The third kappa shape index (κ3) is 2.69. The zero-order valence-corrected chi connectivity index (χ0v) is 14.7. The van der Waals surface area contributed by atoms with Crippen molar-refractivity contribution in [2.45, 2.75) is 6.54 Å². The Morgan fingerprint density at radius 3 is 2.75 bits per heavy atom. The Kier molecular flexibility index (Phi) is 3.65. The summed E-state index contributed by atoms with van der Waals surface area (Å²) in [6.45, 7) is 0.549. The van der Waals surface area contributed by atoms with Gasteiger partial charge in [-0.15, -0.1) is 0 Å². The first kappa shape index (κ1) is 16.2. The summed E-state index contributed by atoms with van der Waals surface area (Å²) >= 11 is 0. The molecule has 5 rings (SSSR count). The van der Waals surface area contributed by atoms with E-state index >= 15 is 0 Å². The third-order valence-corrected chi connectivity index (χ3v) is 4.82. The van der Waals surface area contributed by atoms with Gasteiger partial charge < -0.3 is 15.6 Å². The Morgan fingerprint density at radius 2 is 1.89 bits per heavy atom. The van der Waals surface area contributed by atoms with Gasteiger partial charge in [0.15, 0.2) is 0 Å². The van der Waals surface area contributed by atoms with Crippen LogP contribution in [-0.2, 0) is 6.54 Å². The molecule has 4 heterocycles. The van der Waals surface area contributed by atoms with Crippen molar-refractivity contribution in [3.8, 4) is 11.1 Å². The summed E-state index contributed by atoms with van der Waals surface area (Å²) in [7, 11) is 0. The molecule has 136 valence electrons. The number of aromatic nitrogens is 3. The molecule has 2 amide bonds. The fourth-order valence-electron chi connectivity index (χ4n) is 3.40. The molecule has 0 spiro atoms. The van der Waals surface area contributed by atoms with Gasteiger partial charge in [-0.2, -0.15) is 0 Å². The van der Waals surface area contributed by atoms with E-state index in [0.29, 0.717) is 23.6 Å². The number of nitrogens with zero attached hydrogens (tertiary/aromatic N) is 2. The molecule has 1 aliphatic heterocycles. The molecular formula is C21H15N5O2. The van der Waals surface area contributed by atoms with E-state index in [9.17, 15) is 9.59 Å². The molecule has 7 heteroatoms. The zero-order valence-electron chi connectivity index (χ0n) is 14.7. The van der Waals surface area contributed by atoms with E-state index < -0.39 is 0 Å². The highest BCUT2D eigenvalue weighted by atomic mass is 16.2. The molecule has 3 N–H and O–H groups in total. The van der Waals surface area contributed by atoms with Crippen molar-refractivity contribution < 1.29 is 9.59 Å². The second-order valence-corrected chi connectivity index (χ2v) is 6.54. The first-order chi connectivity index (χ1) is 13.7. The molecule has 0 saturated carbocycles. The summed E-state index contributed by atoms with van der Waals surface area (Å²) in [5.74, 6) is 0.194.